The SMILES string of the molecule is Cc1cc(C#N)ccc1C(=CN)C(=O)Nc1ccc(C(=O)OC(C)(C)C)cn1. The lowest BCUT2D eigenvalue weighted by atomic mass is 9.98. The molecule has 0 aliphatic heterocycles. The molecule has 2 aromatic rings. The summed E-state index contributed by atoms with van der Waals surface area (Å²) in [6.07, 6.45) is 2.54. The molecule has 0 saturated carbocycles. The second-order valence-corrected chi connectivity index (χ2v) is 7.11. The first kappa shape index (κ1) is 20.6. The minimum absolute atomic E-state index is 0.250. The molecule has 1 heterocycles. The van der Waals surface area contributed by atoms with Crippen LogP contribution in [0.1, 0.15) is 47.8 Å². The number of anilines is 1. The van der Waals surface area contributed by atoms with Crippen LogP contribution in [-0.2, 0) is 9.53 Å². The molecule has 7 nitrogen and oxygen atoms in total. The van der Waals surface area contributed by atoms with Crippen LogP contribution in [0.15, 0.2) is 42.7 Å². The van der Waals surface area contributed by atoms with Crippen LogP contribution in [0.2, 0.25) is 0 Å². The van der Waals surface area contributed by atoms with Crippen LogP contribution in [0, 0.1) is 18.3 Å². The van der Waals surface area contributed by atoms with Crippen molar-refractivity contribution in [3.05, 3.63) is 65.0 Å². The third-order valence-electron chi connectivity index (χ3n) is 3.70. The average molecular weight is 378 g/mol. The van der Waals surface area contributed by atoms with Crippen LogP contribution in [0.3, 0.4) is 0 Å². The number of ether oxygens (including phenoxy) is 1. The molecular formula is C21H22N4O3. The monoisotopic (exact) mass is 378 g/mol. The Kier molecular flexibility index (Phi) is 6.16. The van der Waals surface area contributed by atoms with Gasteiger partial charge in [-0.1, -0.05) is 6.07 Å². The largest absolute Gasteiger partial charge is 0.456 e. The molecule has 28 heavy (non-hydrogen) atoms. The number of benzene rings is 1. The number of hydrogen-bond acceptors (Lipinski definition) is 6. The fourth-order valence-corrected chi connectivity index (χ4v) is 2.43. The molecule has 0 atom stereocenters. The number of amides is 1. The van der Waals surface area contributed by atoms with Gasteiger partial charge in [0, 0.05) is 12.4 Å². The molecule has 0 spiro atoms. The van der Waals surface area contributed by atoms with Crippen molar-refractivity contribution in [2.75, 3.05) is 5.32 Å². The van der Waals surface area contributed by atoms with Gasteiger partial charge in [-0.3, -0.25) is 4.79 Å². The summed E-state index contributed by atoms with van der Waals surface area (Å²) in [7, 11) is 0. The van der Waals surface area contributed by atoms with Crippen LogP contribution in [0.5, 0.6) is 0 Å². The van der Waals surface area contributed by atoms with Gasteiger partial charge in [0.2, 0.25) is 0 Å². The molecule has 0 aliphatic carbocycles. The molecule has 1 aromatic heterocycles. The molecular weight excluding hydrogens is 356 g/mol. The van der Waals surface area contributed by atoms with Crippen LogP contribution in [0.25, 0.3) is 5.57 Å². The maximum absolute atomic E-state index is 12.6. The Hall–Kier alpha value is -3.66. The summed E-state index contributed by atoms with van der Waals surface area (Å²) < 4.78 is 5.28. The van der Waals surface area contributed by atoms with Gasteiger partial charge in [0.1, 0.15) is 11.4 Å². The van der Waals surface area contributed by atoms with E-state index in [-0.39, 0.29) is 17.0 Å². The summed E-state index contributed by atoms with van der Waals surface area (Å²) in [6.45, 7) is 7.12. The highest BCUT2D eigenvalue weighted by atomic mass is 16.6. The summed E-state index contributed by atoms with van der Waals surface area (Å²) in [5, 5.41) is 11.6. The van der Waals surface area contributed by atoms with Gasteiger partial charge in [-0.05, 0) is 63.1 Å². The number of rotatable bonds is 4. The number of nitrogens with two attached hydrogens (primary N) is 1. The van der Waals surface area contributed by atoms with E-state index in [4.69, 9.17) is 15.7 Å². The minimum Gasteiger partial charge on any atom is -0.456 e. The Morgan fingerprint density at radius 1 is 1.25 bits per heavy atom. The number of aromatic nitrogens is 1. The zero-order chi connectivity index (χ0) is 20.9. The van der Waals surface area contributed by atoms with Crippen molar-refractivity contribution in [3.8, 4) is 6.07 Å². The molecule has 0 unspecified atom stereocenters. The number of carbonyl (C=O) groups excluding carboxylic acids is 2. The number of nitrogens with zero attached hydrogens (tertiary/aromatic N) is 2. The second-order valence-electron chi connectivity index (χ2n) is 7.11. The Morgan fingerprint density at radius 3 is 2.46 bits per heavy atom. The van der Waals surface area contributed by atoms with Crippen LogP contribution in [-0.4, -0.2) is 22.5 Å². The van der Waals surface area contributed by atoms with Gasteiger partial charge in [-0.15, -0.1) is 0 Å². The highest BCUT2D eigenvalue weighted by Gasteiger charge is 2.19. The number of aryl methyl sites for hydroxylation is 1. The van der Waals surface area contributed by atoms with Gasteiger partial charge < -0.3 is 15.8 Å². The van der Waals surface area contributed by atoms with Crippen molar-refractivity contribution in [1.82, 2.24) is 4.98 Å². The van der Waals surface area contributed by atoms with E-state index in [0.29, 0.717) is 11.1 Å². The summed E-state index contributed by atoms with van der Waals surface area (Å²) in [6, 6.07) is 10.1. The molecule has 0 bridgehead atoms. The Balaban J connectivity index is 2.15. The molecule has 0 fully saturated rings. The quantitative estimate of drug-likeness (QED) is 0.623. The van der Waals surface area contributed by atoms with Crippen molar-refractivity contribution in [1.29, 1.82) is 5.26 Å². The second kappa shape index (κ2) is 8.35. The van der Waals surface area contributed by atoms with Crippen LogP contribution >= 0.6 is 0 Å². The molecule has 2 rings (SSSR count). The lowest BCUT2D eigenvalue weighted by molar-refractivity contribution is -0.111. The first-order valence-electron chi connectivity index (χ1n) is 8.58. The fourth-order valence-electron chi connectivity index (χ4n) is 2.43. The number of carbonyl (C=O) groups is 2. The summed E-state index contributed by atoms with van der Waals surface area (Å²) in [5.74, 6) is -0.676. The van der Waals surface area contributed by atoms with Crippen LogP contribution < -0.4 is 11.1 Å². The molecule has 3 N–H and O–H groups in total. The number of pyridine rings is 1. The molecule has 0 saturated heterocycles. The normalized spacial score (nSPS) is 11.5. The topological polar surface area (TPSA) is 118 Å². The number of nitriles is 1. The first-order valence-corrected chi connectivity index (χ1v) is 8.58. The van der Waals surface area contributed by atoms with E-state index >= 15 is 0 Å². The summed E-state index contributed by atoms with van der Waals surface area (Å²) in [5.41, 5.74) is 7.44. The predicted octanol–water partition coefficient (Wildman–Crippen LogP) is 3.16. The highest BCUT2D eigenvalue weighted by molar-refractivity contribution is 6.25. The van der Waals surface area contributed by atoms with E-state index in [2.05, 4.69) is 16.4 Å². The molecule has 0 radical (unpaired) electrons. The van der Waals surface area contributed by atoms with E-state index < -0.39 is 17.5 Å². The van der Waals surface area contributed by atoms with E-state index in [9.17, 15) is 9.59 Å². The van der Waals surface area contributed by atoms with E-state index in [1.165, 1.54) is 24.5 Å². The Labute approximate surface area is 163 Å². The fraction of sp³-hybridized carbons (Fsp3) is 0.238. The lowest BCUT2D eigenvalue weighted by Gasteiger charge is -2.19. The molecule has 144 valence electrons. The van der Waals surface area contributed by atoms with Crippen molar-refractivity contribution >= 4 is 23.3 Å². The van der Waals surface area contributed by atoms with Gasteiger partial charge in [-0.25, -0.2) is 9.78 Å². The number of nitrogens with one attached hydrogen (secondary N) is 1. The highest BCUT2D eigenvalue weighted by Crippen LogP contribution is 2.21. The smallest absolute Gasteiger partial charge is 0.340 e. The van der Waals surface area contributed by atoms with Gasteiger partial charge in [0.25, 0.3) is 5.91 Å². The van der Waals surface area contributed by atoms with Crippen molar-refractivity contribution in [3.63, 3.8) is 0 Å². The zero-order valence-electron chi connectivity index (χ0n) is 16.2. The number of hydrogen-bond donors (Lipinski definition) is 2. The van der Waals surface area contributed by atoms with Gasteiger partial charge >= 0.3 is 5.97 Å². The lowest BCUT2D eigenvalue weighted by Crippen LogP contribution is -2.24. The van der Waals surface area contributed by atoms with Crippen LogP contribution in [0.4, 0.5) is 5.82 Å². The first-order chi connectivity index (χ1) is 13.1. The van der Waals surface area contributed by atoms with Crippen molar-refractivity contribution in [2.45, 2.75) is 33.3 Å². The van der Waals surface area contributed by atoms with Crippen molar-refractivity contribution < 1.29 is 14.3 Å². The minimum atomic E-state index is -0.607. The third-order valence-corrected chi connectivity index (χ3v) is 3.70. The van der Waals surface area contributed by atoms with Gasteiger partial charge in [0.05, 0.1) is 22.8 Å². The average Bonchev–Trinajstić information content (AvgIpc) is 2.62. The standard InChI is InChI=1S/C21H22N4O3/c1-13-9-14(10-22)5-7-16(13)17(11-23)19(26)25-18-8-6-15(12-24-18)20(27)28-21(2,3)4/h5-9,11-12H,23H2,1-4H3,(H,24,25,26). The van der Waals surface area contributed by atoms with Crippen molar-refractivity contribution in [2.24, 2.45) is 5.73 Å². The van der Waals surface area contributed by atoms with E-state index in [1.54, 1.807) is 45.9 Å². The van der Waals surface area contributed by atoms with E-state index in [0.717, 1.165) is 5.56 Å². The molecule has 0 aliphatic rings. The van der Waals surface area contributed by atoms with Gasteiger partial charge in [0.15, 0.2) is 0 Å². The molecule has 7 heteroatoms. The Bertz CT molecular complexity index is 965. The maximum Gasteiger partial charge on any atom is 0.340 e. The summed E-state index contributed by atoms with van der Waals surface area (Å²) in [4.78, 5) is 28.7. The zero-order valence-corrected chi connectivity index (χ0v) is 16.2. The van der Waals surface area contributed by atoms with E-state index in [1.807, 2.05) is 0 Å². The Morgan fingerprint density at radius 2 is 1.96 bits per heavy atom. The third kappa shape index (κ3) is 5.17. The molecule has 1 aromatic carbocycles. The van der Waals surface area contributed by atoms with Gasteiger partial charge in [-0.2, -0.15) is 5.26 Å². The molecule has 1 amide bonds. The summed E-state index contributed by atoms with van der Waals surface area (Å²) >= 11 is 0. The number of esters is 1. The maximum atomic E-state index is 12.6. The predicted molar refractivity (Wildman–Crippen MR) is 106 cm³/mol.